The van der Waals surface area contributed by atoms with E-state index in [1.165, 1.54) is 23.9 Å². The summed E-state index contributed by atoms with van der Waals surface area (Å²) in [6.07, 6.45) is 4.98. The van der Waals surface area contributed by atoms with Gasteiger partial charge in [0, 0.05) is 12.4 Å². The lowest BCUT2D eigenvalue weighted by atomic mass is 10.4. The molecule has 22 heavy (non-hydrogen) atoms. The summed E-state index contributed by atoms with van der Waals surface area (Å²) >= 11 is 0. The third kappa shape index (κ3) is 2.49. The molecule has 0 atom stereocenters. The molecule has 0 aromatic carbocycles. The van der Waals surface area contributed by atoms with Crippen LogP contribution in [0.5, 0.6) is 0 Å². The van der Waals surface area contributed by atoms with Crippen LogP contribution in [0.3, 0.4) is 0 Å². The summed E-state index contributed by atoms with van der Waals surface area (Å²) < 4.78 is 0. The minimum absolute atomic E-state index is 0.592. The first kappa shape index (κ1) is 13.7. The van der Waals surface area contributed by atoms with E-state index in [0.717, 1.165) is 16.6 Å². The number of aromatic nitrogens is 8. The van der Waals surface area contributed by atoms with Crippen LogP contribution in [0.25, 0.3) is 22.2 Å². The van der Waals surface area contributed by atoms with Crippen molar-refractivity contribution in [3.05, 3.63) is 36.8 Å². The maximum atomic E-state index is 4.87. The highest BCUT2D eigenvalue weighted by atomic mass is 16.7. The molecular weight excluding hydrogens is 288 g/mol. The molecule has 0 bridgehead atoms. The van der Waals surface area contributed by atoms with Crippen LogP contribution in [-0.4, -0.2) is 54.5 Å². The highest BCUT2D eigenvalue weighted by Crippen LogP contribution is 2.05. The van der Waals surface area contributed by atoms with Gasteiger partial charge in [0.1, 0.15) is 30.8 Å². The van der Waals surface area contributed by atoms with E-state index in [2.05, 4.69) is 30.6 Å². The van der Waals surface area contributed by atoms with Crippen LogP contribution in [0.1, 0.15) is 0 Å². The van der Waals surface area contributed by atoms with Gasteiger partial charge in [0.2, 0.25) is 5.65 Å². The first-order valence-corrected chi connectivity index (χ1v) is 6.24. The standard InChI is InChI=1S/2C6H6N4O/c1-11-10-6-4-7-3-2-5(6)8-9-10;1-11-10-5-3-2-4-7-6(5)8-9-10/h2*2-4H,1H3. The summed E-state index contributed by atoms with van der Waals surface area (Å²) in [7, 11) is 3.06. The SMILES string of the molecule is COn1nnc2ccncc21.COn1nnc2ncccc21. The highest BCUT2D eigenvalue weighted by molar-refractivity contribution is 5.72. The number of hydrogen-bond acceptors (Lipinski definition) is 8. The Balaban J connectivity index is 0.000000131. The molecule has 112 valence electrons. The van der Waals surface area contributed by atoms with Gasteiger partial charge in [-0.2, -0.15) is 0 Å². The minimum atomic E-state index is 0.592. The number of pyridine rings is 2. The topological polar surface area (TPSA) is 106 Å². The molecule has 4 aromatic heterocycles. The van der Waals surface area contributed by atoms with E-state index in [4.69, 9.17) is 9.68 Å². The third-order valence-electron chi connectivity index (χ3n) is 2.76. The largest absolute Gasteiger partial charge is 0.398 e. The number of nitrogens with zero attached hydrogens (tertiary/aromatic N) is 8. The summed E-state index contributed by atoms with van der Waals surface area (Å²) in [5.41, 5.74) is 2.92. The van der Waals surface area contributed by atoms with Gasteiger partial charge in [-0.3, -0.25) is 4.98 Å². The van der Waals surface area contributed by atoms with E-state index < -0.39 is 0 Å². The Morgan fingerprint density at radius 2 is 1.68 bits per heavy atom. The zero-order valence-electron chi connectivity index (χ0n) is 11.9. The first-order chi connectivity index (χ1) is 10.8. The van der Waals surface area contributed by atoms with Crippen LogP contribution in [0.15, 0.2) is 36.8 Å². The second-order valence-electron chi connectivity index (χ2n) is 4.00. The Labute approximate surface area is 124 Å². The molecule has 0 fully saturated rings. The fourth-order valence-corrected chi connectivity index (χ4v) is 1.76. The normalized spacial score (nSPS) is 10.3. The van der Waals surface area contributed by atoms with Crippen LogP contribution in [0, 0.1) is 0 Å². The van der Waals surface area contributed by atoms with Crippen molar-refractivity contribution in [2.45, 2.75) is 0 Å². The molecule has 0 saturated heterocycles. The van der Waals surface area contributed by atoms with Gasteiger partial charge in [-0.15, -0.1) is 10.2 Å². The van der Waals surface area contributed by atoms with Crippen LogP contribution >= 0.6 is 0 Å². The second kappa shape index (κ2) is 5.99. The van der Waals surface area contributed by atoms with Gasteiger partial charge in [0.15, 0.2) is 0 Å². The molecule has 10 heteroatoms. The molecule has 10 nitrogen and oxygen atoms in total. The van der Waals surface area contributed by atoms with Crippen LogP contribution in [0.2, 0.25) is 0 Å². The van der Waals surface area contributed by atoms with Gasteiger partial charge in [-0.05, 0) is 28.6 Å². The molecule has 0 aliphatic heterocycles. The van der Waals surface area contributed by atoms with Crippen LogP contribution in [-0.2, 0) is 0 Å². The molecule has 0 N–H and O–H groups in total. The number of rotatable bonds is 2. The maximum Gasteiger partial charge on any atom is 0.205 e. The highest BCUT2D eigenvalue weighted by Gasteiger charge is 2.02. The predicted molar refractivity (Wildman–Crippen MR) is 75.7 cm³/mol. The zero-order valence-corrected chi connectivity index (χ0v) is 11.9. The molecule has 4 rings (SSSR count). The van der Waals surface area contributed by atoms with Gasteiger partial charge in [-0.25, -0.2) is 4.98 Å². The third-order valence-corrected chi connectivity index (χ3v) is 2.76. The number of fused-ring (bicyclic) bond motifs is 2. The van der Waals surface area contributed by atoms with Gasteiger partial charge < -0.3 is 9.68 Å². The molecule has 0 aliphatic rings. The lowest BCUT2D eigenvalue weighted by Gasteiger charge is -1.94. The van der Waals surface area contributed by atoms with E-state index >= 15 is 0 Å². The van der Waals surface area contributed by atoms with Crippen LogP contribution < -0.4 is 9.68 Å². The number of hydrogen-bond donors (Lipinski definition) is 0. The molecule has 0 aliphatic carbocycles. The molecule has 4 heterocycles. The minimum Gasteiger partial charge on any atom is -0.398 e. The van der Waals surface area contributed by atoms with Gasteiger partial charge in [0.05, 0.1) is 6.20 Å². The Morgan fingerprint density at radius 1 is 0.909 bits per heavy atom. The van der Waals surface area contributed by atoms with Crippen molar-refractivity contribution in [3.8, 4) is 0 Å². The Kier molecular flexibility index (Phi) is 3.72. The molecule has 0 amide bonds. The van der Waals surface area contributed by atoms with Crippen molar-refractivity contribution in [1.29, 1.82) is 0 Å². The van der Waals surface area contributed by atoms with Crippen molar-refractivity contribution in [1.82, 2.24) is 40.3 Å². The fourth-order valence-electron chi connectivity index (χ4n) is 1.76. The van der Waals surface area contributed by atoms with Gasteiger partial charge >= 0.3 is 0 Å². The van der Waals surface area contributed by atoms with E-state index in [1.807, 2.05) is 6.07 Å². The monoisotopic (exact) mass is 300 g/mol. The van der Waals surface area contributed by atoms with E-state index in [0.29, 0.717) is 5.65 Å². The van der Waals surface area contributed by atoms with E-state index in [1.54, 1.807) is 30.7 Å². The Morgan fingerprint density at radius 3 is 2.50 bits per heavy atom. The summed E-state index contributed by atoms with van der Waals surface area (Å²) in [4.78, 5) is 20.3. The average molecular weight is 300 g/mol. The molecule has 0 unspecified atom stereocenters. The van der Waals surface area contributed by atoms with E-state index in [9.17, 15) is 0 Å². The van der Waals surface area contributed by atoms with Crippen LogP contribution in [0.4, 0.5) is 0 Å². The summed E-state index contributed by atoms with van der Waals surface area (Å²) in [5.74, 6) is 0. The Hall–Kier alpha value is -3.30. The summed E-state index contributed by atoms with van der Waals surface area (Å²) in [6.45, 7) is 0. The predicted octanol–water partition coefficient (Wildman–Crippen LogP) is -0.231. The summed E-state index contributed by atoms with van der Waals surface area (Å²) in [6, 6.07) is 5.42. The zero-order chi connectivity index (χ0) is 15.4. The lowest BCUT2D eigenvalue weighted by Crippen LogP contribution is -2.06. The van der Waals surface area contributed by atoms with Crippen molar-refractivity contribution in [2.24, 2.45) is 0 Å². The smallest absolute Gasteiger partial charge is 0.205 e. The van der Waals surface area contributed by atoms with Crippen molar-refractivity contribution in [2.75, 3.05) is 14.2 Å². The van der Waals surface area contributed by atoms with Gasteiger partial charge in [-0.1, -0.05) is 9.69 Å². The van der Waals surface area contributed by atoms with Crippen molar-refractivity contribution in [3.63, 3.8) is 0 Å². The van der Waals surface area contributed by atoms with Gasteiger partial charge in [0.25, 0.3) is 0 Å². The Bertz CT molecular complexity index is 813. The molecular formula is C12H12N8O2. The first-order valence-electron chi connectivity index (χ1n) is 6.24. The molecule has 0 spiro atoms. The average Bonchev–Trinajstić information content (AvgIpc) is 3.19. The van der Waals surface area contributed by atoms with E-state index in [-0.39, 0.29) is 0 Å². The molecule has 0 radical (unpaired) electrons. The van der Waals surface area contributed by atoms with Crippen molar-refractivity contribution < 1.29 is 9.68 Å². The molecule has 4 aromatic rings. The lowest BCUT2D eigenvalue weighted by molar-refractivity contribution is 0.139. The molecule has 0 saturated carbocycles. The fraction of sp³-hybridized carbons (Fsp3) is 0.167. The quantitative estimate of drug-likeness (QED) is 0.500. The maximum absolute atomic E-state index is 4.87. The second-order valence-corrected chi connectivity index (χ2v) is 4.00. The summed E-state index contributed by atoms with van der Waals surface area (Å²) in [5, 5.41) is 15.0. The van der Waals surface area contributed by atoms with Crippen molar-refractivity contribution >= 4 is 22.2 Å².